The zero-order valence-corrected chi connectivity index (χ0v) is 12.3. The molecule has 0 heterocycles. The molecule has 2 aromatic carbocycles. The predicted molar refractivity (Wildman–Crippen MR) is 84.0 cm³/mol. The van der Waals surface area contributed by atoms with Crippen molar-refractivity contribution in [3.63, 3.8) is 0 Å². The van der Waals surface area contributed by atoms with E-state index in [0.717, 1.165) is 12.0 Å². The molecule has 0 saturated heterocycles. The fourth-order valence-corrected chi connectivity index (χ4v) is 2.20. The lowest BCUT2D eigenvalue weighted by molar-refractivity contribution is 0.0983. The average molecular weight is 286 g/mol. The Bertz CT molecular complexity index is 655. The van der Waals surface area contributed by atoms with E-state index in [4.69, 9.17) is 5.73 Å². The van der Waals surface area contributed by atoms with Crippen LogP contribution >= 0.6 is 0 Å². The number of nitrogen functional groups attached to an aromatic ring is 1. The molecular formula is C17H19FN2O. The predicted octanol–water partition coefficient (Wildman–Crippen LogP) is 3.77. The summed E-state index contributed by atoms with van der Waals surface area (Å²) in [6, 6.07) is 11.7. The smallest absolute Gasteiger partial charge is 0.261 e. The maximum atomic E-state index is 14.0. The summed E-state index contributed by atoms with van der Waals surface area (Å²) >= 11 is 0. The minimum atomic E-state index is -0.495. The highest BCUT2D eigenvalue weighted by atomic mass is 19.1. The third-order valence-electron chi connectivity index (χ3n) is 3.23. The minimum absolute atomic E-state index is 0.0801. The van der Waals surface area contributed by atoms with Crippen LogP contribution in [-0.2, 0) is 0 Å². The van der Waals surface area contributed by atoms with Gasteiger partial charge in [-0.05, 0) is 49.2 Å². The molecule has 0 atom stereocenters. The summed E-state index contributed by atoms with van der Waals surface area (Å²) in [6.45, 7) is 4.27. The second kappa shape index (κ2) is 6.39. The summed E-state index contributed by atoms with van der Waals surface area (Å²) < 4.78 is 14.0. The molecule has 0 bridgehead atoms. The molecule has 0 aliphatic rings. The van der Waals surface area contributed by atoms with Gasteiger partial charge in [0.1, 0.15) is 5.82 Å². The van der Waals surface area contributed by atoms with Crippen LogP contribution in [0, 0.1) is 12.7 Å². The van der Waals surface area contributed by atoms with Crippen molar-refractivity contribution >= 4 is 17.3 Å². The third kappa shape index (κ3) is 3.40. The van der Waals surface area contributed by atoms with Gasteiger partial charge in [-0.2, -0.15) is 0 Å². The molecule has 0 aliphatic heterocycles. The number of anilines is 2. The largest absolute Gasteiger partial charge is 0.399 e. The first-order valence-electron chi connectivity index (χ1n) is 6.96. The normalized spacial score (nSPS) is 10.4. The number of nitrogens with zero attached hydrogens (tertiary/aromatic N) is 1. The number of benzene rings is 2. The van der Waals surface area contributed by atoms with Crippen molar-refractivity contribution in [3.05, 3.63) is 59.4 Å². The van der Waals surface area contributed by atoms with Gasteiger partial charge in [-0.15, -0.1) is 0 Å². The van der Waals surface area contributed by atoms with E-state index in [1.165, 1.54) is 12.1 Å². The minimum Gasteiger partial charge on any atom is -0.399 e. The quantitative estimate of drug-likeness (QED) is 0.870. The highest BCUT2D eigenvalue weighted by Crippen LogP contribution is 2.21. The third-order valence-corrected chi connectivity index (χ3v) is 3.23. The van der Waals surface area contributed by atoms with E-state index in [1.807, 2.05) is 6.92 Å². The van der Waals surface area contributed by atoms with Crippen molar-refractivity contribution in [2.75, 3.05) is 17.2 Å². The fourth-order valence-electron chi connectivity index (χ4n) is 2.20. The molecule has 0 radical (unpaired) electrons. The maximum Gasteiger partial charge on any atom is 0.261 e. The molecule has 2 aromatic rings. The Labute approximate surface area is 124 Å². The van der Waals surface area contributed by atoms with Crippen LogP contribution in [0.2, 0.25) is 0 Å². The SMILES string of the molecule is CCCN(C(=O)c1ccc(C)cc1F)c1cccc(N)c1. The van der Waals surface area contributed by atoms with Gasteiger partial charge >= 0.3 is 0 Å². The number of carbonyl (C=O) groups excluding carboxylic acids is 1. The molecule has 3 nitrogen and oxygen atoms in total. The standard InChI is InChI=1S/C17H19FN2O/c1-3-9-20(14-6-4-5-13(19)11-14)17(21)15-8-7-12(2)10-16(15)18/h4-8,10-11H,3,9,19H2,1-2H3. The summed E-state index contributed by atoms with van der Waals surface area (Å²) in [5.74, 6) is -0.843. The molecule has 0 aromatic heterocycles. The Kier molecular flexibility index (Phi) is 4.58. The summed E-state index contributed by atoms with van der Waals surface area (Å²) in [4.78, 5) is 14.2. The summed E-state index contributed by atoms with van der Waals surface area (Å²) in [6.07, 6.45) is 0.772. The number of hydrogen-bond donors (Lipinski definition) is 1. The summed E-state index contributed by atoms with van der Waals surface area (Å²) in [7, 11) is 0. The summed E-state index contributed by atoms with van der Waals surface area (Å²) in [5, 5.41) is 0. The van der Waals surface area contributed by atoms with Gasteiger partial charge in [-0.25, -0.2) is 4.39 Å². The Morgan fingerprint density at radius 2 is 2.00 bits per heavy atom. The van der Waals surface area contributed by atoms with Gasteiger partial charge in [-0.3, -0.25) is 4.79 Å². The van der Waals surface area contributed by atoms with Crippen molar-refractivity contribution in [2.24, 2.45) is 0 Å². The number of halogens is 1. The number of amides is 1. The van der Waals surface area contributed by atoms with E-state index in [9.17, 15) is 9.18 Å². The van der Waals surface area contributed by atoms with Gasteiger partial charge < -0.3 is 10.6 Å². The van der Waals surface area contributed by atoms with Gasteiger partial charge in [0, 0.05) is 17.9 Å². The van der Waals surface area contributed by atoms with E-state index in [0.29, 0.717) is 17.9 Å². The molecule has 110 valence electrons. The van der Waals surface area contributed by atoms with Crippen molar-refractivity contribution in [2.45, 2.75) is 20.3 Å². The summed E-state index contributed by atoms with van der Waals surface area (Å²) in [5.41, 5.74) is 7.89. The monoisotopic (exact) mass is 286 g/mol. The van der Waals surface area contributed by atoms with Crippen LogP contribution in [0.25, 0.3) is 0 Å². The first-order valence-corrected chi connectivity index (χ1v) is 6.96. The van der Waals surface area contributed by atoms with E-state index in [1.54, 1.807) is 42.2 Å². The zero-order chi connectivity index (χ0) is 15.4. The topological polar surface area (TPSA) is 46.3 Å². The van der Waals surface area contributed by atoms with E-state index < -0.39 is 5.82 Å². The van der Waals surface area contributed by atoms with Crippen LogP contribution in [0.5, 0.6) is 0 Å². The van der Waals surface area contributed by atoms with Gasteiger partial charge in [0.25, 0.3) is 5.91 Å². The lowest BCUT2D eigenvalue weighted by Crippen LogP contribution is -2.32. The number of hydrogen-bond acceptors (Lipinski definition) is 2. The van der Waals surface area contributed by atoms with Crippen molar-refractivity contribution in [1.82, 2.24) is 0 Å². The molecule has 21 heavy (non-hydrogen) atoms. The Balaban J connectivity index is 2.40. The molecule has 0 unspecified atom stereocenters. The number of aryl methyl sites for hydroxylation is 1. The Hall–Kier alpha value is -2.36. The molecule has 0 spiro atoms. The zero-order valence-electron chi connectivity index (χ0n) is 12.3. The second-order valence-corrected chi connectivity index (χ2v) is 5.04. The fraction of sp³-hybridized carbons (Fsp3) is 0.235. The molecule has 2 rings (SSSR count). The van der Waals surface area contributed by atoms with Crippen LogP contribution in [0.1, 0.15) is 29.3 Å². The van der Waals surface area contributed by atoms with Crippen LogP contribution in [0.3, 0.4) is 0 Å². The highest BCUT2D eigenvalue weighted by Gasteiger charge is 2.20. The first kappa shape index (κ1) is 15.0. The van der Waals surface area contributed by atoms with Gasteiger partial charge in [0.15, 0.2) is 0 Å². The average Bonchev–Trinajstić information content (AvgIpc) is 2.44. The molecule has 0 fully saturated rings. The van der Waals surface area contributed by atoms with Crippen LogP contribution in [-0.4, -0.2) is 12.5 Å². The Morgan fingerprint density at radius 1 is 1.24 bits per heavy atom. The lowest BCUT2D eigenvalue weighted by atomic mass is 10.1. The highest BCUT2D eigenvalue weighted by molar-refractivity contribution is 6.06. The number of carbonyl (C=O) groups is 1. The number of nitrogens with two attached hydrogens (primary N) is 1. The van der Waals surface area contributed by atoms with E-state index >= 15 is 0 Å². The molecule has 0 aliphatic carbocycles. The second-order valence-electron chi connectivity index (χ2n) is 5.04. The maximum absolute atomic E-state index is 14.0. The molecule has 1 amide bonds. The van der Waals surface area contributed by atoms with Crippen LogP contribution < -0.4 is 10.6 Å². The van der Waals surface area contributed by atoms with Gasteiger partial charge in [0.05, 0.1) is 5.56 Å². The van der Waals surface area contributed by atoms with E-state index in [-0.39, 0.29) is 11.5 Å². The molecular weight excluding hydrogens is 267 g/mol. The van der Waals surface area contributed by atoms with Crippen molar-refractivity contribution < 1.29 is 9.18 Å². The van der Waals surface area contributed by atoms with Gasteiger partial charge in [-0.1, -0.05) is 19.1 Å². The van der Waals surface area contributed by atoms with Crippen LogP contribution in [0.15, 0.2) is 42.5 Å². The lowest BCUT2D eigenvalue weighted by Gasteiger charge is -2.23. The first-order chi connectivity index (χ1) is 10.0. The number of rotatable bonds is 4. The molecule has 0 saturated carbocycles. The van der Waals surface area contributed by atoms with Crippen molar-refractivity contribution in [3.8, 4) is 0 Å². The van der Waals surface area contributed by atoms with Gasteiger partial charge in [0.2, 0.25) is 0 Å². The van der Waals surface area contributed by atoms with E-state index in [2.05, 4.69) is 0 Å². The Morgan fingerprint density at radius 3 is 2.62 bits per heavy atom. The van der Waals surface area contributed by atoms with Crippen LogP contribution in [0.4, 0.5) is 15.8 Å². The molecule has 2 N–H and O–H groups in total. The molecule has 4 heteroatoms. The van der Waals surface area contributed by atoms with Crippen molar-refractivity contribution in [1.29, 1.82) is 0 Å².